The Bertz CT molecular complexity index is 495. The van der Waals surface area contributed by atoms with Gasteiger partial charge in [0.2, 0.25) is 0 Å². The summed E-state index contributed by atoms with van der Waals surface area (Å²) in [6.45, 7) is 0. The van der Waals surface area contributed by atoms with Crippen LogP contribution in [0.2, 0.25) is 0 Å². The molecule has 0 amide bonds. The molecule has 21 heavy (non-hydrogen) atoms. The summed E-state index contributed by atoms with van der Waals surface area (Å²) in [6, 6.07) is 5.81. The molecule has 0 saturated heterocycles. The first-order valence-corrected chi connectivity index (χ1v) is 8.64. The standard InChI is InChI=1S/C17H23BrO3/c1-20-13-8-6-7-12(18)16(13)21-15-11-14(19)17(15)9-4-2-3-5-10-17/h6-8,14-15,19H,2-5,9-11H2,1H3. The van der Waals surface area contributed by atoms with Gasteiger partial charge in [0.15, 0.2) is 11.5 Å². The van der Waals surface area contributed by atoms with Gasteiger partial charge in [-0.25, -0.2) is 0 Å². The topological polar surface area (TPSA) is 38.7 Å². The second-order valence-corrected chi connectivity index (χ2v) is 7.13. The quantitative estimate of drug-likeness (QED) is 0.878. The number of ether oxygens (including phenoxy) is 2. The highest BCUT2D eigenvalue weighted by Gasteiger charge is 2.55. The van der Waals surface area contributed by atoms with Crippen LogP contribution in [0.4, 0.5) is 0 Å². The van der Waals surface area contributed by atoms with Crippen LogP contribution in [0, 0.1) is 5.41 Å². The van der Waals surface area contributed by atoms with Crippen LogP contribution in [0.1, 0.15) is 44.9 Å². The third-order valence-electron chi connectivity index (χ3n) is 5.19. The van der Waals surface area contributed by atoms with Gasteiger partial charge in [-0.05, 0) is 40.9 Å². The van der Waals surface area contributed by atoms with Gasteiger partial charge in [-0.3, -0.25) is 0 Å². The van der Waals surface area contributed by atoms with Crippen LogP contribution in [0.25, 0.3) is 0 Å². The zero-order valence-corrected chi connectivity index (χ0v) is 14.1. The first kappa shape index (κ1) is 15.2. The molecule has 116 valence electrons. The highest BCUT2D eigenvalue weighted by atomic mass is 79.9. The maximum Gasteiger partial charge on any atom is 0.175 e. The number of aliphatic hydroxyl groups excluding tert-OH is 1. The molecular formula is C17H23BrO3. The molecule has 1 spiro atoms. The predicted molar refractivity (Wildman–Crippen MR) is 85.9 cm³/mol. The molecule has 0 radical (unpaired) electrons. The van der Waals surface area contributed by atoms with Crippen molar-refractivity contribution in [1.82, 2.24) is 0 Å². The van der Waals surface area contributed by atoms with Gasteiger partial charge in [0.1, 0.15) is 6.10 Å². The molecule has 4 heteroatoms. The van der Waals surface area contributed by atoms with E-state index in [9.17, 15) is 5.11 Å². The van der Waals surface area contributed by atoms with Crippen molar-refractivity contribution in [3.05, 3.63) is 22.7 Å². The van der Waals surface area contributed by atoms with Crippen LogP contribution in [0.5, 0.6) is 11.5 Å². The van der Waals surface area contributed by atoms with E-state index in [1.807, 2.05) is 18.2 Å². The number of methoxy groups -OCH3 is 1. The summed E-state index contributed by atoms with van der Waals surface area (Å²) in [4.78, 5) is 0. The fourth-order valence-electron chi connectivity index (χ4n) is 3.84. The van der Waals surface area contributed by atoms with E-state index in [0.29, 0.717) is 0 Å². The molecule has 3 nitrogen and oxygen atoms in total. The Hall–Kier alpha value is -0.740. The first-order valence-electron chi connectivity index (χ1n) is 7.84. The van der Waals surface area contributed by atoms with Crippen LogP contribution in [-0.2, 0) is 0 Å². The largest absolute Gasteiger partial charge is 0.493 e. The van der Waals surface area contributed by atoms with Crippen LogP contribution in [-0.4, -0.2) is 24.4 Å². The summed E-state index contributed by atoms with van der Waals surface area (Å²) in [7, 11) is 1.66. The molecule has 2 aliphatic rings. The number of para-hydroxylation sites is 1. The van der Waals surface area contributed by atoms with E-state index in [-0.39, 0.29) is 17.6 Å². The van der Waals surface area contributed by atoms with Crippen LogP contribution in [0.15, 0.2) is 22.7 Å². The Morgan fingerprint density at radius 3 is 2.52 bits per heavy atom. The minimum atomic E-state index is -0.214. The lowest BCUT2D eigenvalue weighted by atomic mass is 9.59. The lowest BCUT2D eigenvalue weighted by Crippen LogP contribution is -2.59. The lowest BCUT2D eigenvalue weighted by Gasteiger charge is -2.53. The maximum atomic E-state index is 10.4. The second-order valence-electron chi connectivity index (χ2n) is 6.28. The van der Waals surface area contributed by atoms with Gasteiger partial charge in [0.05, 0.1) is 17.7 Å². The van der Waals surface area contributed by atoms with Crippen molar-refractivity contribution in [3.8, 4) is 11.5 Å². The van der Waals surface area contributed by atoms with Gasteiger partial charge in [-0.2, -0.15) is 0 Å². The summed E-state index contributed by atoms with van der Waals surface area (Å²) < 4.78 is 12.6. The lowest BCUT2D eigenvalue weighted by molar-refractivity contribution is -0.163. The number of hydrogen-bond donors (Lipinski definition) is 1. The van der Waals surface area contributed by atoms with Crippen molar-refractivity contribution in [2.75, 3.05) is 7.11 Å². The minimum absolute atomic E-state index is 0.0448. The molecule has 2 aliphatic carbocycles. The third-order valence-corrected chi connectivity index (χ3v) is 5.81. The normalized spacial score (nSPS) is 27.8. The molecule has 0 bridgehead atoms. The average molecular weight is 355 g/mol. The van der Waals surface area contributed by atoms with Crippen molar-refractivity contribution in [2.24, 2.45) is 5.41 Å². The van der Waals surface area contributed by atoms with Gasteiger partial charge < -0.3 is 14.6 Å². The molecular weight excluding hydrogens is 332 g/mol. The number of rotatable bonds is 3. The Morgan fingerprint density at radius 2 is 1.90 bits per heavy atom. The van der Waals surface area contributed by atoms with Gasteiger partial charge >= 0.3 is 0 Å². The van der Waals surface area contributed by atoms with E-state index in [1.54, 1.807) is 7.11 Å². The SMILES string of the molecule is COc1cccc(Br)c1OC1CC(O)C12CCCCCC2. The van der Waals surface area contributed by atoms with Gasteiger partial charge in [0, 0.05) is 11.8 Å². The number of aliphatic hydroxyl groups is 1. The molecule has 0 aliphatic heterocycles. The smallest absolute Gasteiger partial charge is 0.175 e. The number of halogens is 1. The van der Waals surface area contributed by atoms with E-state index in [1.165, 1.54) is 25.7 Å². The van der Waals surface area contributed by atoms with Gasteiger partial charge in [0.25, 0.3) is 0 Å². The Labute approximate surface area is 134 Å². The fraction of sp³-hybridized carbons (Fsp3) is 0.647. The van der Waals surface area contributed by atoms with E-state index < -0.39 is 0 Å². The zero-order chi connectivity index (χ0) is 14.9. The van der Waals surface area contributed by atoms with Crippen molar-refractivity contribution >= 4 is 15.9 Å². The van der Waals surface area contributed by atoms with Crippen LogP contribution < -0.4 is 9.47 Å². The predicted octanol–water partition coefficient (Wildman–Crippen LogP) is 4.31. The van der Waals surface area contributed by atoms with Crippen LogP contribution >= 0.6 is 15.9 Å². The number of benzene rings is 1. The van der Waals surface area contributed by atoms with Crippen molar-refractivity contribution < 1.29 is 14.6 Å². The summed E-state index contributed by atoms with van der Waals surface area (Å²) in [5.74, 6) is 1.51. The van der Waals surface area contributed by atoms with Crippen molar-refractivity contribution in [3.63, 3.8) is 0 Å². The van der Waals surface area contributed by atoms with E-state index >= 15 is 0 Å². The molecule has 1 aromatic carbocycles. The fourth-order valence-corrected chi connectivity index (χ4v) is 4.28. The maximum absolute atomic E-state index is 10.4. The molecule has 2 unspecified atom stereocenters. The highest BCUT2D eigenvalue weighted by molar-refractivity contribution is 9.10. The van der Waals surface area contributed by atoms with E-state index in [2.05, 4.69) is 15.9 Å². The third kappa shape index (κ3) is 2.68. The second kappa shape index (κ2) is 6.17. The molecule has 3 rings (SSSR count). The molecule has 0 aromatic heterocycles. The molecule has 2 saturated carbocycles. The molecule has 1 N–H and O–H groups in total. The summed E-state index contributed by atoms with van der Waals surface area (Å²) >= 11 is 3.55. The van der Waals surface area contributed by atoms with E-state index in [0.717, 1.165) is 35.2 Å². The zero-order valence-electron chi connectivity index (χ0n) is 12.5. The minimum Gasteiger partial charge on any atom is -0.493 e. The number of hydrogen-bond acceptors (Lipinski definition) is 3. The average Bonchev–Trinajstić information content (AvgIpc) is 2.76. The van der Waals surface area contributed by atoms with Crippen molar-refractivity contribution in [1.29, 1.82) is 0 Å². The molecule has 2 atom stereocenters. The molecule has 1 aromatic rings. The Kier molecular flexibility index (Phi) is 4.46. The van der Waals surface area contributed by atoms with Crippen LogP contribution in [0.3, 0.4) is 0 Å². The summed E-state index contributed by atoms with van der Waals surface area (Å²) in [5.41, 5.74) is -0.0448. The molecule has 2 fully saturated rings. The monoisotopic (exact) mass is 354 g/mol. The van der Waals surface area contributed by atoms with Gasteiger partial charge in [-0.15, -0.1) is 0 Å². The summed E-state index contributed by atoms with van der Waals surface area (Å²) in [6.07, 6.45) is 7.71. The first-order chi connectivity index (χ1) is 10.2. The van der Waals surface area contributed by atoms with Crippen molar-refractivity contribution in [2.45, 2.75) is 57.2 Å². The van der Waals surface area contributed by atoms with Gasteiger partial charge in [-0.1, -0.05) is 31.7 Å². The summed E-state index contributed by atoms with van der Waals surface area (Å²) in [5, 5.41) is 10.4. The Balaban J connectivity index is 1.82. The van der Waals surface area contributed by atoms with E-state index in [4.69, 9.17) is 9.47 Å². The molecule has 0 heterocycles. The Morgan fingerprint density at radius 1 is 1.19 bits per heavy atom. The highest BCUT2D eigenvalue weighted by Crippen LogP contribution is 2.53.